The van der Waals surface area contributed by atoms with Crippen molar-refractivity contribution in [3.8, 4) is 0 Å². The molecule has 0 saturated heterocycles. The van der Waals surface area contributed by atoms with Crippen LogP contribution < -0.4 is 4.72 Å². The number of anilines is 1. The second-order valence-corrected chi connectivity index (χ2v) is 7.86. The molecule has 1 aromatic carbocycles. The molecule has 0 aliphatic rings. The van der Waals surface area contributed by atoms with E-state index in [0.29, 0.717) is 5.69 Å². The third-order valence-electron chi connectivity index (χ3n) is 2.40. The lowest BCUT2D eigenvalue weighted by Gasteiger charge is -2.06. The molecule has 1 aromatic heterocycles. The number of rotatable bonds is 6. The lowest BCUT2D eigenvalue weighted by molar-refractivity contribution is -0.136. The first kappa shape index (κ1) is 15.1. The van der Waals surface area contributed by atoms with Crippen molar-refractivity contribution in [2.45, 2.75) is 10.8 Å². The van der Waals surface area contributed by atoms with Crippen LogP contribution >= 0.6 is 23.1 Å². The summed E-state index contributed by atoms with van der Waals surface area (Å²) in [4.78, 5) is 14.8. The Morgan fingerprint density at radius 1 is 1.50 bits per heavy atom. The van der Waals surface area contributed by atoms with Crippen LogP contribution in [0.3, 0.4) is 0 Å². The Labute approximate surface area is 124 Å². The monoisotopic (exact) mass is 332 g/mol. The molecular weight excluding hydrogens is 320 g/mol. The van der Waals surface area contributed by atoms with Crippen LogP contribution in [0.25, 0.3) is 10.2 Å². The normalized spacial score (nSPS) is 11.7. The van der Waals surface area contributed by atoms with Crippen molar-refractivity contribution in [2.24, 2.45) is 0 Å². The van der Waals surface area contributed by atoms with Gasteiger partial charge in [-0.2, -0.15) is 0 Å². The minimum Gasteiger partial charge on any atom is -0.481 e. The first-order chi connectivity index (χ1) is 9.39. The minimum absolute atomic E-state index is 0.416. The lowest BCUT2D eigenvalue weighted by Crippen LogP contribution is -2.18. The van der Waals surface area contributed by atoms with Crippen molar-refractivity contribution in [1.82, 2.24) is 4.98 Å². The Morgan fingerprint density at radius 3 is 2.90 bits per heavy atom. The average Bonchev–Trinajstić information content (AvgIpc) is 2.78. The van der Waals surface area contributed by atoms with Gasteiger partial charge in [0.15, 0.2) is 4.34 Å². The second kappa shape index (κ2) is 5.98. The number of hydrogen-bond acceptors (Lipinski definition) is 6. The first-order valence-electron chi connectivity index (χ1n) is 5.56. The molecule has 1 heterocycles. The zero-order valence-corrected chi connectivity index (χ0v) is 12.9. The molecule has 0 bridgehead atoms. The van der Waals surface area contributed by atoms with Gasteiger partial charge in [0, 0.05) is 0 Å². The highest BCUT2D eigenvalue weighted by molar-refractivity contribution is 8.00. The predicted octanol–water partition coefficient (Wildman–Crippen LogP) is 2.23. The molecular formula is C11H12N2O4S3. The van der Waals surface area contributed by atoms with Gasteiger partial charge in [0.25, 0.3) is 0 Å². The maximum absolute atomic E-state index is 11.7. The number of carbonyl (C=O) groups is 1. The Hall–Kier alpha value is -1.32. The summed E-state index contributed by atoms with van der Waals surface area (Å²) in [5.41, 5.74) is 1.23. The van der Waals surface area contributed by atoms with Crippen molar-refractivity contribution >= 4 is 55.0 Å². The lowest BCUT2D eigenvalue weighted by atomic mass is 10.3. The third-order valence-corrected chi connectivity index (χ3v) is 5.69. The smallest absolute Gasteiger partial charge is 0.304 e. The molecule has 0 saturated carbocycles. The summed E-state index contributed by atoms with van der Waals surface area (Å²) in [5.74, 6) is -1.59. The maximum atomic E-state index is 11.7. The molecule has 9 heteroatoms. The first-order valence-corrected chi connectivity index (χ1v) is 9.26. The molecule has 0 atom stereocenters. The van der Waals surface area contributed by atoms with Gasteiger partial charge in [-0.05, 0) is 24.5 Å². The summed E-state index contributed by atoms with van der Waals surface area (Å²) in [6.45, 7) is 0. The number of benzene rings is 1. The fourth-order valence-corrected chi connectivity index (χ4v) is 4.07. The quantitative estimate of drug-likeness (QED) is 0.788. The molecule has 20 heavy (non-hydrogen) atoms. The maximum Gasteiger partial charge on any atom is 0.304 e. The Bertz CT molecular complexity index is 739. The van der Waals surface area contributed by atoms with Crippen molar-refractivity contribution in [1.29, 1.82) is 0 Å². The van der Waals surface area contributed by atoms with Crippen LogP contribution in [0.5, 0.6) is 0 Å². The number of nitrogens with zero attached hydrogens (tertiary/aromatic N) is 1. The van der Waals surface area contributed by atoms with E-state index in [2.05, 4.69) is 9.71 Å². The van der Waals surface area contributed by atoms with Gasteiger partial charge in [0.2, 0.25) is 10.0 Å². The summed E-state index contributed by atoms with van der Waals surface area (Å²) < 4.78 is 27.6. The summed E-state index contributed by atoms with van der Waals surface area (Å²) >= 11 is 3.01. The van der Waals surface area contributed by atoms with Crippen LogP contribution in [-0.4, -0.2) is 36.5 Å². The van der Waals surface area contributed by atoms with Gasteiger partial charge in [-0.25, -0.2) is 13.4 Å². The summed E-state index contributed by atoms with van der Waals surface area (Å²) in [5, 5.41) is 8.51. The zero-order chi connectivity index (χ0) is 14.8. The van der Waals surface area contributed by atoms with Gasteiger partial charge in [-0.1, -0.05) is 11.8 Å². The molecule has 0 fully saturated rings. The molecule has 2 rings (SSSR count). The summed E-state index contributed by atoms with van der Waals surface area (Å²) in [6.07, 6.45) is 1.50. The molecule has 0 spiro atoms. The van der Waals surface area contributed by atoms with Crippen LogP contribution in [0.1, 0.15) is 6.42 Å². The van der Waals surface area contributed by atoms with Gasteiger partial charge >= 0.3 is 5.97 Å². The predicted molar refractivity (Wildman–Crippen MR) is 81.1 cm³/mol. The molecule has 6 nitrogen and oxygen atoms in total. The molecule has 2 aromatic rings. The summed E-state index contributed by atoms with van der Waals surface area (Å²) in [6, 6.07) is 5.05. The molecule has 0 radical (unpaired) electrons. The standard InChI is InChI=1S/C11H12N2O4S3/c1-18-11-12-8-3-2-7(6-9(8)19-11)13-20(16,17)5-4-10(14)15/h2-3,6,13H,4-5H2,1H3,(H,14,15). The molecule has 2 N–H and O–H groups in total. The highest BCUT2D eigenvalue weighted by Gasteiger charge is 2.13. The number of thioether (sulfide) groups is 1. The number of aromatic nitrogens is 1. The van der Waals surface area contributed by atoms with Gasteiger partial charge < -0.3 is 5.11 Å². The van der Waals surface area contributed by atoms with Gasteiger partial charge in [-0.3, -0.25) is 9.52 Å². The Kier molecular flexibility index (Phi) is 4.51. The SMILES string of the molecule is CSc1nc2ccc(NS(=O)(=O)CCC(=O)O)cc2s1. The van der Waals surface area contributed by atoms with E-state index in [1.165, 1.54) is 23.1 Å². The highest BCUT2D eigenvalue weighted by atomic mass is 32.2. The van der Waals surface area contributed by atoms with Gasteiger partial charge in [0.05, 0.1) is 28.1 Å². The minimum atomic E-state index is -3.65. The topological polar surface area (TPSA) is 96.4 Å². The number of sulfonamides is 1. The van der Waals surface area contributed by atoms with E-state index < -0.39 is 28.2 Å². The van der Waals surface area contributed by atoms with Crippen LogP contribution in [0.2, 0.25) is 0 Å². The van der Waals surface area contributed by atoms with Crippen LogP contribution in [0.4, 0.5) is 5.69 Å². The number of carboxylic acids is 1. The second-order valence-electron chi connectivity index (χ2n) is 3.93. The largest absolute Gasteiger partial charge is 0.481 e. The highest BCUT2D eigenvalue weighted by Crippen LogP contribution is 2.30. The molecule has 108 valence electrons. The number of nitrogens with one attached hydrogen (secondary N) is 1. The van der Waals surface area contributed by atoms with Crippen molar-refractivity contribution in [3.05, 3.63) is 18.2 Å². The van der Waals surface area contributed by atoms with E-state index in [0.717, 1.165) is 14.6 Å². The van der Waals surface area contributed by atoms with Crippen LogP contribution in [-0.2, 0) is 14.8 Å². The number of aliphatic carboxylic acids is 1. The molecule has 0 amide bonds. The van der Waals surface area contributed by atoms with E-state index in [1.54, 1.807) is 18.2 Å². The van der Waals surface area contributed by atoms with E-state index in [4.69, 9.17) is 5.11 Å². The summed E-state index contributed by atoms with van der Waals surface area (Å²) in [7, 11) is -3.65. The average molecular weight is 332 g/mol. The van der Waals surface area contributed by atoms with Crippen molar-refractivity contribution < 1.29 is 18.3 Å². The fraction of sp³-hybridized carbons (Fsp3) is 0.273. The number of hydrogen-bond donors (Lipinski definition) is 2. The van der Waals surface area contributed by atoms with Crippen molar-refractivity contribution in [3.63, 3.8) is 0 Å². The third kappa shape index (κ3) is 3.84. The molecule has 0 unspecified atom stereocenters. The van der Waals surface area contributed by atoms with E-state index in [9.17, 15) is 13.2 Å². The molecule has 0 aliphatic heterocycles. The van der Waals surface area contributed by atoms with Crippen LogP contribution in [0, 0.1) is 0 Å². The van der Waals surface area contributed by atoms with Gasteiger partial charge in [0.1, 0.15) is 0 Å². The zero-order valence-electron chi connectivity index (χ0n) is 10.5. The number of fused-ring (bicyclic) bond motifs is 1. The van der Waals surface area contributed by atoms with Crippen molar-refractivity contribution in [2.75, 3.05) is 16.7 Å². The fourth-order valence-electron chi connectivity index (χ4n) is 1.51. The number of thiazole rings is 1. The van der Waals surface area contributed by atoms with Gasteiger partial charge in [-0.15, -0.1) is 11.3 Å². The van der Waals surface area contributed by atoms with E-state index in [-0.39, 0.29) is 0 Å². The molecule has 0 aliphatic carbocycles. The van der Waals surface area contributed by atoms with Crippen LogP contribution in [0.15, 0.2) is 22.5 Å². The van der Waals surface area contributed by atoms with E-state index in [1.807, 2.05) is 6.26 Å². The van der Waals surface area contributed by atoms with E-state index >= 15 is 0 Å². The Morgan fingerprint density at radius 2 is 2.25 bits per heavy atom. The Balaban J connectivity index is 2.18. The number of carboxylic acid groups (broad SMARTS) is 1.